The highest BCUT2D eigenvalue weighted by Crippen LogP contribution is 2.62. The van der Waals surface area contributed by atoms with Crippen LogP contribution in [0.5, 0.6) is 0 Å². The molecule has 2 spiro atoms. The minimum Gasteiger partial charge on any atom is -0.228 e. The van der Waals surface area contributed by atoms with Crippen molar-refractivity contribution in [1.82, 2.24) is 9.97 Å². The van der Waals surface area contributed by atoms with Crippen LogP contribution in [0.3, 0.4) is 0 Å². The molecule has 2 heteroatoms. The van der Waals surface area contributed by atoms with Crippen molar-refractivity contribution in [3.8, 4) is 89.5 Å². The van der Waals surface area contributed by atoms with Crippen LogP contribution in [-0.2, 0) is 10.8 Å². The van der Waals surface area contributed by atoms with Crippen LogP contribution in [0.4, 0.5) is 0 Å². The van der Waals surface area contributed by atoms with Crippen LogP contribution in [-0.4, -0.2) is 9.97 Å². The molecule has 0 bridgehead atoms. The number of fused-ring (bicyclic) bond motifs is 10. The monoisotopic (exact) mass is 848 g/mol. The molecule has 0 amide bonds. The Morgan fingerprint density at radius 3 is 1.32 bits per heavy atom. The molecule has 1 aromatic heterocycles. The summed E-state index contributed by atoms with van der Waals surface area (Å²) in [4.78, 5) is 10.3. The fourth-order valence-corrected chi connectivity index (χ4v) is 12.7. The lowest BCUT2D eigenvalue weighted by Gasteiger charge is -2.37. The molecule has 8 aromatic carbocycles. The van der Waals surface area contributed by atoms with Crippen molar-refractivity contribution in [1.29, 1.82) is 0 Å². The summed E-state index contributed by atoms with van der Waals surface area (Å²) in [7, 11) is 0. The largest absolute Gasteiger partial charge is 0.228 e. The number of aromatic nitrogens is 2. The van der Waals surface area contributed by atoms with Gasteiger partial charge in [-0.3, -0.25) is 0 Å². The second kappa shape index (κ2) is 15.8. The Kier molecular flexibility index (Phi) is 9.38. The smallest absolute Gasteiger partial charge is 0.160 e. The van der Waals surface area contributed by atoms with Crippen molar-refractivity contribution >= 4 is 0 Å². The summed E-state index contributed by atoms with van der Waals surface area (Å²) in [5.74, 6) is 0.722. The van der Waals surface area contributed by atoms with E-state index in [9.17, 15) is 0 Å². The molecular formula is C64H52N2. The molecule has 0 radical (unpaired) electrons. The summed E-state index contributed by atoms with van der Waals surface area (Å²) >= 11 is 0. The normalized spacial score (nSPS) is 16.1. The summed E-state index contributed by atoms with van der Waals surface area (Å²) in [5, 5.41) is 0. The van der Waals surface area contributed by atoms with Gasteiger partial charge in [0.25, 0.3) is 0 Å². The SMILES string of the molecule is c1ccc(-c2ccc(-c3cc(-c4cccc(-c5cccc(-c6ccc7c(c6)C6(CCCCC6)c6cc8c(cc6-7)C6(CCCCC6)c6ccccc6-8)c5)c4)nc(-c4ccccc4)n3)cc2)cc1. The molecule has 2 saturated carbocycles. The molecule has 1 heterocycles. The maximum absolute atomic E-state index is 5.20. The Labute approximate surface area is 389 Å². The predicted molar refractivity (Wildman–Crippen MR) is 273 cm³/mol. The zero-order chi connectivity index (χ0) is 43.7. The van der Waals surface area contributed by atoms with Crippen molar-refractivity contribution in [2.75, 3.05) is 0 Å². The van der Waals surface area contributed by atoms with Gasteiger partial charge in [0.15, 0.2) is 5.82 Å². The average molecular weight is 849 g/mol. The first-order valence-electron chi connectivity index (χ1n) is 24.4. The van der Waals surface area contributed by atoms with Gasteiger partial charge in [-0.15, -0.1) is 0 Å². The Balaban J connectivity index is 0.867. The molecule has 0 atom stereocenters. The number of rotatable bonds is 6. The molecule has 2 nitrogen and oxygen atoms in total. The van der Waals surface area contributed by atoms with Gasteiger partial charge in [-0.05, 0) is 140 Å². The summed E-state index contributed by atoms with van der Waals surface area (Å²) < 4.78 is 0. The van der Waals surface area contributed by atoms with Crippen molar-refractivity contribution < 1.29 is 0 Å². The molecule has 4 aliphatic carbocycles. The van der Waals surface area contributed by atoms with E-state index in [0.717, 1.165) is 33.9 Å². The van der Waals surface area contributed by atoms with Crippen LogP contribution < -0.4 is 0 Å². The van der Waals surface area contributed by atoms with Gasteiger partial charge in [-0.25, -0.2) is 9.97 Å². The van der Waals surface area contributed by atoms with Crippen LogP contribution >= 0.6 is 0 Å². The highest BCUT2D eigenvalue weighted by atomic mass is 14.9. The Hall–Kier alpha value is -7.16. The first-order chi connectivity index (χ1) is 32.6. The first-order valence-corrected chi connectivity index (χ1v) is 24.4. The minimum atomic E-state index is 0.0656. The third kappa shape index (κ3) is 6.37. The van der Waals surface area contributed by atoms with Gasteiger partial charge in [0.1, 0.15) is 0 Å². The molecule has 0 N–H and O–H groups in total. The molecule has 13 rings (SSSR count). The lowest BCUT2D eigenvalue weighted by atomic mass is 9.66. The van der Waals surface area contributed by atoms with Gasteiger partial charge in [-0.1, -0.05) is 196 Å². The van der Waals surface area contributed by atoms with Crippen LogP contribution in [0, 0.1) is 0 Å². The van der Waals surface area contributed by atoms with Gasteiger partial charge >= 0.3 is 0 Å². The number of hydrogen-bond acceptors (Lipinski definition) is 2. The quantitative estimate of drug-likeness (QED) is 0.167. The Bertz CT molecular complexity index is 3300. The lowest BCUT2D eigenvalue weighted by Crippen LogP contribution is -2.29. The molecule has 2 fully saturated rings. The number of hydrogen-bond donors (Lipinski definition) is 0. The predicted octanol–water partition coefficient (Wildman–Crippen LogP) is 16.9. The van der Waals surface area contributed by atoms with E-state index in [-0.39, 0.29) is 10.8 Å². The van der Waals surface area contributed by atoms with Gasteiger partial charge in [0.05, 0.1) is 11.4 Å². The third-order valence-corrected chi connectivity index (χ3v) is 15.9. The molecule has 0 aliphatic heterocycles. The van der Waals surface area contributed by atoms with E-state index >= 15 is 0 Å². The van der Waals surface area contributed by atoms with Crippen LogP contribution in [0.1, 0.15) is 86.5 Å². The maximum atomic E-state index is 5.20. The van der Waals surface area contributed by atoms with Gasteiger partial charge < -0.3 is 0 Å². The molecule has 66 heavy (non-hydrogen) atoms. The van der Waals surface area contributed by atoms with Crippen LogP contribution in [0.25, 0.3) is 89.5 Å². The lowest BCUT2D eigenvalue weighted by molar-refractivity contribution is 0.350. The molecule has 0 unspecified atom stereocenters. The van der Waals surface area contributed by atoms with E-state index < -0.39 is 0 Å². The second-order valence-electron chi connectivity index (χ2n) is 19.5. The number of benzene rings is 8. The minimum absolute atomic E-state index is 0.0656. The Morgan fingerprint density at radius 1 is 0.258 bits per heavy atom. The van der Waals surface area contributed by atoms with Crippen molar-refractivity contribution in [2.24, 2.45) is 0 Å². The second-order valence-corrected chi connectivity index (χ2v) is 19.5. The Morgan fingerprint density at radius 2 is 0.682 bits per heavy atom. The maximum Gasteiger partial charge on any atom is 0.160 e. The molecule has 9 aromatic rings. The van der Waals surface area contributed by atoms with Gasteiger partial charge in [-0.2, -0.15) is 0 Å². The topological polar surface area (TPSA) is 25.8 Å². The van der Waals surface area contributed by atoms with Gasteiger partial charge in [0.2, 0.25) is 0 Å². The summed E-state index contributed by atoms with van der Waals surface area (Å²) in [5.41, 5.74) is 24.8. The average Bonchev–Trinajstić information content (AvgIpc) is 3.80. The van der Waals surface area contributed by atoms with E-state index in [0.29, 0.717) is 0 Å². The van der Waals surface area contributed by atoms with Gasteiger partial charge in [0, 0.05) is 27.5 Å². The van der Waals surface area contributed by atoms with Crippen molar-refractivity contribution in [2.45, 2.75) is 75.0 Å². The highest BCUT2D eigenvalue weighted by molar-refractivity contribution is 5.91. The van der Waals surface area contributed by atoms with E-state index in [1.54, 1.807) is 22.3 Å². The zero-order valence-electron chi connectivity index (χ0n) is 37.4. The fraction of sp³-hybridized carbons (Fsp3) is 0.188. The first kappa shape index (κ1) is 39.2. The molecule has 318 valence electrons. The van der Waals surface area contributed by atoms with Crippen molar-refractivity contribution in [3.63, 3.8) is 0 Å². The molecule has 0 saturated heterocycles. The highest BCUT2D eigenvalue weighted by Gasteiger charge is 2.49. The summed E-state index contributed by atoms with van der Waals surface area (Å²) in [6.45, 7) is 0. The van der Waals surface area contributed by atoms with E-state index in [1.165, 1.54) is 120 Å². The van der Waals surface area contributed by atoms with E-state index in [2.05, 4.69) is 188 Å². The van der Waals surface area contributed by atoms with Crippen LogP contribution in [0.15, 0.2) is 194 Å². The van der Waals surface area contributed by atoms with E-state index in [4.69, 9.17) is 9.97 Å². The fourth-order valence-electron chi connectivity index (χ4n) is 12.7. The third-order valence-electron chi connectivity index (χ3n) is 15.9. The zero-order valence-corrected chi connectivity index (χ0v) is 37.4. The molecule has 4 aliphatic rings. The molecular weight excluding hydrogens is 797 g/mol. The standard InChI is InChI=1S/C64H52N2/c1-5-17-43(18-6-1)44-27-29-45(30-28-44)60-42-61(66-62(65-60)46-19-7-2-8-20-46)51-24-16-23-49(38-51)47-21-15-22-48(37-47)50-31-32-53-55-41-58-54(40-59(55)64(57(53)39-50)35-13-4-14-36-64)52-25-9-10-26-56(52)63(58)33-11-3-12-34-63/h1-2,5-10,15-32,37-42H,3-4,11-14,33-36H2. The van der Waals surface area contributed by atoms with E-state index in [1.807, 2.05) is 6.07 Å². The van der Waals surface area contributed by atoms with Crippen molar-refractivity contribution in [3.05, 3.63) is 216 Å². The van der Waals surface area contributed by atoms with Crippen LogP contribution in [0.2, 0.25) is 0 Å². The number of nitrogens with zero attached hydrogens (tertiary/aromatic N) is 2. The summed E-state index contributed by atoms with van der Waals surface area (Å²) in [6.07, 6.45) is 12.9. The summed E-state index contributed by atoms with van der Waals surface area (Å²) in [6, 6.07) is 72.1.